The Morgan fingerprint density at radius 3 is 2.62 bits per heavy atom. The van der Waals surface area contributed by atoms with Crippen LogP contribution in [0.25, 0.3) is 5.57 Å². The van der Waals surface area contributed by atoms with Crippen LogP contribution in [-0.2, 0) is 0 Å². The number of aromatic nitrogens is 1. The summed E-state index contributed by atoms with van der Waals surface area (Å²) in [6, 6.07) is 3.85. The number of hydrogen-bond acceptors (Lipinski definition) is 2. The van der Waals surface area contributed by atoms with E-state index in [1.165, 1.54) is 6.21 Å². The molecule has 0 saturated carbocycles. The maximum Gasteiger partial charge on any atom is 0.0273 e. The first-order valence-electron chi connectivity index (χ1n) is 4.12. The van der Waals surface area contributed by atoms with Gasteiger partial charge in [-0.25, -0.2) is 0 Å². The monoisotopic (exact) mass is 172 g/mol. The lowest BCUT2D eigenvalue weighted by molar-refractivity contribution is 1.32. The van der Waals surface area contributed by atoms with Gasteiger partial charge in [0.05, 0.1) is 0 Å². The predicted molar refractivity (Wildman–Crippen MR) is 55.8 cm³/mol. The Hall–Kier alpha value is -1.70. The highest BCUT2D eigenvalue weighted by Gasteiger charge is 1.93. The first-order valence-corrected chi connectivity index (χ1v) is 4.12. The first kappa shape index (κ1) is 9.39. The number of allylic oxidation sites excluding steroid dienone is 4. The van der Waals surface area contributed by atoms with Gasteiger partial charge in [-0.1, -0.05) is 12.2 Å². The maximum atomic E-state index is 7.01. The second-order valence-corrected chi connectivity index (χ2v) is 2.52. The zero-order valence-corrected chi connectivity index (χ0v) is 7.57. The van der Waals surface area contributed by atoms with E-state index in [2.05, 4.69) is 4.98 Å². The van der Waals surface area contributed by atoms with Crippen molar-refractivity contribution in [1.82, 2.24) is 4.98 Å². The molecule has 66 valence electrons. The molecule has 0 unspecified atom stereocenters. The molecule has 2 nitrogen and oxygen atoms in total. The molecule has 0 amide bonds. The second kappa shape index (κ2) is 5.04. The van der Waals surface area contributed by atoms with Crippen LogP contribution in [0.4, 0.5) is 0 Å². The fourth-order valence-electron chi connectivity index (χ4n) is 1.06. The standard InChI is InChI=1S/C11H12N2/c1-2-3-10(4-7-12)11-5-8-13-9-6-11/h2-9,12H,1H3/b3-2-,10-4+,12-7?. The first-order chi connectivity index (χ1) is 6.38. The number of nitrogens with zero attached hydrogens (tertiary/aromatic N) is 1. The lowest BCUT2D eigenvalue weighted by atomic mass is 10.1. The van der Waals surface area contributed by atoms with Crippen molar-refractivity contribution in [3.63, 3.8) is 0 Å². The molecule has 0 spiro atoms. The fraction of sp³-hybridized carbons (Fsp3) is 0.0909. The van der Waals surface area contributed by atoms with Crippen molar-refractivity contribution >= 4 is 11.8 Å². The SMILES string of the molecule is C/C=C\C(=C/C=N)c1ccncc1. The summed E-state index contributed by atoms with van der Waals surface area (Å²) in [6.07, 6.45) is 10.5. The van der Waals surface area contributed by atoms with Crippen LogP contribution in [0.2, 0.25) is 0 Å². The van der Waals surface area contributed by atoms with Gasteiger partial charge in [-0.05, 0) is 36.3 Å². The van der Waals surface area contributed by atoms with E-state index in [0.717, 1.165) is 11.1 Å². The molecular weight excluding hydrogens is 160 g/mol. The van der Waals surface area contributed by atoms with E-state index in [1.807, 2.05) is 31.2 Å². The summed E-state index contributed by atoms with van der Waals surface area (Å²) in [5.41, 5.74) is 2.11. The average Bonchev–Trinajstić information content (AvgIpc) is 2.19. The van der Waals surface area contributed by atoms with Crippen molar-refractivity contribution in [2.45, 2.75) is 6.92 Å². The van der Waals surface area contributed by atoms with Crippen LogP contribution in [0.1, 0.15) is 12.5 Å². The van der Waals surface area contributed by atoms with Crippen LogP contribution < -0.4 is 0 Å². The largest absolute Gasteiger partial charge is 0.309 e. The molecular formula is C11H12N2. The molecule has 0 aliphatic carbocycles. The molecule has 0 radical (unpaired) electrons. The molecule has 0 saturated heterocycles. The van der Waals surface area contributed by atoms with Gasteiger partial charge >= 0.3 is 0 Å². The van der Waals surface area contributed by atoms with Crippen LogP contribution in [0.5, 0.6) is 0 Å². The number of pyridine rings is 1. The molecule has 1 heterocycles. The topological polar surface area (TPSA) is 36.7 Å². The Kier molecular flexibility index (Phi) is 3.64. The summed E-state index contributed by atoms with van der Waals surface area (Å²) >= 11 is 0. The Morgan fingerprint density at radius 1 is 1.38 bits per heavy atom. The molecule has 1 rings (SSSR count). The molecule has 1 aromatic heterocycles. The Morgan fingerprint density at radius 2 is 2.08 bits per heavy atom. The zero-order chi connectivity index (χ0) is 9.52. The highest BCUT2D eigenvalue weighted by atomic mass is 14.6. The molecule has 13 heavy (non-hydrogen) atoms. The van der Waals surface area contributed by atoms with Crippen molar-refractivity contribution in [2.75, 3.05) is 0 Å². The smallest absolute Gasteiger partial charge is 0.0273 e. The quantitative estimate of drug-likeness (QED) is 0.552. The lowest BCUT2D eigenvalue weighted by Gasteiger charge is -1.99. The van der Waals surface area contributed by atoms with Gasteiger partial charge in [0.2, 0.25) is 0 Å². The minimum Gasteiger partial charge on any atom is -0.309 e. The molecule has 2 heteroatoms. The van der Waals surface area contributed by atoms with Crippen LogP contribution in [0.3, 0.4) is 0 Å². The number of nitrogens with one attached hydrogen (secondary N) is 1. The molecule has 0 aliphatic rings. The van der Waals surface area contributed by atoms with Crippen LogP contribution >= 0.6 is 0 Å². The molecule has 0 aromatic carbocycles. The highest BCUT2D eigenvalue weighted by molar-refractivity contribution is 5.87. The van der Waals surface area contributed by atoms with Gasteiger partial charge in [0.1, 0.15) is 0 Å². The summed E-state index contributed by atoms with van der Waals surface area (Å²) in [6.45, 7) is 1.96. The Balaban J connectivity index is 3.03. The van der Waals surface area contributed by atoms with Crippen molar-refractivity contribution in [2.24, 2.45) is 0 Å². The minimum absolute atomic E-state index is 1.03. The van der Waals surface area contributed by atoms with E-state index in [1.54, 1.807) is 18.5 Å². The summed E-state index contributed by atoms with van der Waals surface area (Å²) in [5, 5.41) is 7.01. The fourth-order valence-corrected chi connectivity index (χ4v) is 1.06. The Labute approximate surface area is 78.1 Å². The summed E-state index contributed by atoms with van der Waals surface area (Å²) in [7, 11) is 0. The average molecular weight is 172 g/mol. The summed E-state index contributed by atoms with van der Waals surface area (Å²) in [5.74, 6) is 0. The predicted octanol–water partition coefficient (Wildman–Crippen LogP) is 2.69. The van der Waals surface area contributed by atoms with Crippen LogP contribution in [-0.4, -0.2) is 11.2 Å². The second-order valence-electron chi connectivity index (χ2n) is 2.52. The molecule has 1 N–H and O–H groups in total. The summed E-state index contributed by atoms with van der Waals surface area (Å²) < 4.78 is 0. The third-order valence-corrected chi connectivity index (χ3v) is 1.62. The van der Waals surface area contributed by atoms with Gasteiger partial charge in [-0.2, -0.15) is 0 Å². The van der Waals surface area contributed by atoms with Crippen molar-refractivity contribution in [3.05, 3.63) is 48.3 Å². The maximum absolute atomic E-state index is 7.01. The normalized spacial score (nSPS) is 11.9. The van der Waals surface area contributed by atoms with Gasteiger partial charge in [0.25, 0.3) is 0 Å². The van der Waals surface area contributed by atoms with E-state index < -0.39 is 0 Å². The number of hydrogen-bond donors (Lipinski definition) is 1. The van der Waals surface area contributed by atoms with E-state index >= 15 is 0 Å². The van der Waals surface area contributed by atoms with E-state index in [4.69, 9.17) is 5.41 Å². The van der Waals surface area contributed by atoms with Crippen LogP contribution in [0, 0.1) is 5.41 Å². The van der Waals surface area contributed by atoms with E-state index in [0.29, 0.717) is 0 Å². The van der Waals surface area contributed by atoms with Crippen molar-refractivity contribution < 1.29 is 0 Å². The minimum atomic E-state index is 1.03. The summed E-state index contributed by atoms with van der Waals surface area (Å²) in [4.78, 5) is 3.94. The molecule has 0 bridgehead atoms. The van der Waals surface area contributed by atoms with E-state index in [-0.39, 0.29) is 0 Å². The van der Waals surface area contributed by atoms with Crippen LogP contribution in [0.15, 0.2) is 42.8 Å². The van der Waals surface area contributed by atoms with Gasteiger partial charge in [-0.3, -0.25) is 4.98 Å². The number of rotatable bonds is 3. The van der Waals surface area contributed by atoms with Crippen molar-refractivity contribution in [1.29, 1.82) is 5.41 Å². The van der Waals surface area contributed by atoms with Gasteiger partial charge in [-0.15, -0.1) is 0 Å². The molecule has 0 atom stereocenters. The molecule has 0 aliphatic heterocycles. The lowest BCUT2D eigenvalue weighted by Crippen LogP contribution is -1.81. The Bertz CT molecular complexity index is 323. The molecule has 1 aromatic rings. The van der Waals surface area contributed by atoms with Crippen molar-refractivity contribution in [3.8, 4) is 0 Å². The van der Waals surface area contributed by atoms with Gasteiger partial charge in [0, 0.05) is 18.6 Å². The highest BCUT2D eigenvalue weighted by Crippen LogP contribution is 2.13. The third-order valence-electron chi connectivity index (χ3n) is 1.62. The molecule has 0 fully saturated rings. The third kappa shape index (κ3) is 2.67. The van der Waals surface area contributed by atoms with E-state index in [9.17, 15) is 0 Å². The van der Waals surface area contributed by atoms with Gasteiger partial charge < -0.3 is 5.41 Å². The zero-order valence-electron chi connectivity index (χ0n) is 7.57. The van der Waals surface area contributed by atoms with Gasteiger partial charge in [0.15, 0.2) is 0 Å².